The molecule has 2 N–H and O–H groups in total. The van der Waals surface area contributed by atoms with Gasteiger partial charge >= 0.3 is 0 Å². The summed E-state index contributed by atoms with van der Waals surface area (Å²) in [5, 5.41) is 9.80. The molecule has 0 aliphatic carbocycles. The maximum absolute atomic E-state index is 12.5. The molecule has 2 amide bonds. The summed E-state index contributed by atoms with van der Waals surface area (Å²) >= 11 is 0. The lowest BCUT2D eigenvalue weighted by atomic mass is 9.98. The average Bonchev–Trinajstić information content (AvgIpc) is 2.90. The minimum atomic E-state index is -3.55. The van der Waals surface area contributed by atoms with Crippen LogP contribution in [-0.2, 0) is 28.3 Å². The van der Waals surface area contributed by atoms with Gasteiger partial charge in [-0.3, -0.25) is 14.3 Å². The summed E-state index contributed by atoms with van der Waals surface area (Å²) in [6, 6.07) is 5.68. The van der Waals surface area contributed by atoms with Crippen LogP contribution in [0.3, 0.4) is 0 Å². The molecular weight excluding hydrogens is 370 g/mol. The van der Waals surface area contributed by atoms with Gasteiger partial charge in [-0.25, -0.2) is 12.7 Å². The van der Waals surface area contributed by atoms with Crippen LogP contribution < -0.4 is 10.6 Å². The van der Waals surface area contributed by atoms with E-state index in [2.05, 4.69) is 15.7 Å². The van der Waals surface area contributed by atoms with Crippen LogP contribution in [0.1, 0.15) is 22.8 Å². The summed E-state index contributed by atoms with van der Waals surface area (Å²) in [5.41, 5.74) is 1.07. The van der Waals surface area contributed by atoms with Crippen molar-refractivity contribution < 1.29 is 18.0 Å². The number of aryl methyl sites for hydroxylation is 1. The summed E-state index contributed by atoms with van der Waals surface area (Å²) in [5.74, 6) is 0.248. The van der Waals surface area contributed by atoms with Gasteiger partial charge in [-0.05, 0) is 30.7 Å². The fourth-order valence-corrected chi connectivity index (χ4v) is 3.73. The summed E-state index contributed by atoms with van der Waals surface area (Å²) in [4.78, 5) is 24.5. The molecule has 10 heteroatoms. The highest BCUT2D eigenvalue weighted by Crippen LogP contribution is 2.31. The van der Waals surface area contributed by atoms with E-state index in [1.807, 2.05) is 0 Å². The Morgan fingerprint density at radius 1 is 1.30 bits per heavy atom. The van der Waals surface area contributed by atoms with Crippen molar-refractivity contribution in [2.75, 3.05) is 24.7 Å². The fraction of sp³-hybridized carbons (Fsp3) is 0.353. The molecule has 1 aliphatic heterocycles. The lowest BCUT2D eigenvalue weighted by Gasteiger charge is -2.19. The molecule has 1 unspecified atom stereocenters. The minimum absolute atomic E-state index is 0.0823. The van der Waals surface area contributed by atoms with Gasteiger partial charge in [0.15, 0.2) is 5.82 Å². The number of anilines is 2. The van der Waals surface area contributed by atoms with E-state index in [1.165, 1.54) is 43.0 Å². The highest BCUT2D eigenvalue weighted by Gasteiger charge is 2.29. The van der Waals surface area contributed by atoms with Gasteiger partial charge in [0.2, 0.25) is 15.9 Å². The molecule has 2 heterocycles. The zero-order valence-corrected chi connectivity index (χ0v) is 16.3. The first-order valence-electron chi connectivity index (χ1n) is 8.32. The molecule has 2 aromatic rings. The van der Waals surface area contributed by atoms with Crippen molar-refractivity contribution in [2.24, 2.45) is 13.0 Å². The van der Waals surface area contributed by atoms with Crippen LogP contribution >= 0.6 is 0 Å². The van der Waals surface area contributed by atoms with Crippen LogP contribution in [0.25, 0.3) is 0 Å². The van der Waals surface area contributed by atoms with E-state index in [0.717, 1.165) is 9.87 Å². The molecule has 1 aromatic carbocycles. The Balaban J connectivity index is 1.83. The van der Waals surface area contributed by atoms with Gasteiger partial charge in [-0.1, -0.05) is 6.92 Å². The number of amides is 2. The number of carbonyl (C=O) groups excluding carboxylic acids is 2. The second-order valence-electron chi connectivity index (χ2n) is 6.66. The second kappa shape index (κ2) is 6.78. The molecule has 0 saturated heterocycles. The molecule has 0 saturated carbocycles. The van der Waals surface area contributed by atoms with Crippen molar-refractivity contribution in [1.82, 2.24) is 14.1 Å². The molecule has 3 rings (SSSR count). The maximum Gasteiger partial charge on any atom is 0.256 e. The molecule has 1 aliphatic rings. The Labute approximate surface area is 157 Å². The average molecular weight is 391 g/mol. The Morgan fingerprint density at radius 3 is 2.52 bits per heavy atom. The first kappa shape index (κ1) is 19.1. The summed E-state index contributed by atoms with van der Waals surface area (Å²) in [6.07, 6.45) is 0.477. The van der Waals surface area contributed by atoms with Crippen LogP contribution in [0.5, 0.6) is 0 Å². The lowest BCUT2D eigenvalue weighted by Crippen LogP contribution is -2.28. The summed E-state index contributed by atoms with van der Waals surface area (Å²) < 4.78 is 26.8. The van der Waals surface area contributed by atoms with Gasteiger partial charge in [0.25, 0.3) is 5.91 Å². The predicted molar refractivity (Wildman–Crippen MR) is 100.0 cm³/mol. The first-order chi connectivity index (χ1) is 12.6. The number of nitrogens with zero attached hydrogens (tertiary/aromatic N) is 3. The Bertz CT molecular complexity index is 1010. The molecule has 0 fully saturated rings. The van der Waals surface area contributed by atoms with Gasteiger partial charge in [-0.2, -0.15) is 5.10 Å². The van der Waals surface area contributed by atoms with Crippen LogP contribution in [0.2, 0.25) is 0 Å². The van der Waals surface area contributed by atoms with Crippen molar-refractivity contribution in [3.63, 3.8) is 0 Å². The third kappa shape index (κ3) is 3.45. The zero-order valence-electron chi connectivity index (χ0n) is 15.5. The number of hydrogen-bond donors (Lipinski definition) is 2. The van der Waals surface area contributed by atoms with Gasteiger partial charge < -0.3 is 10.6 Å². The topological polar surface area (TPSA) is 113 Å². The molecule has 27 heavy (non-hydrogen) atoms. The van der Waals surface area contributed by atoms with E-state index >= 15 is 0 Å². The van der Waals surface area contributed by atoms with Crippen molar-refractivity contribution in [3.8, 4) is 0 Å². The largest absolute Gasteiger partial charge is 0.310 e. The highest BCUT2D eigenvalue weighted by molar-refractivity contribution is 7.89. The van der Waals surface area contributed by atoms with Gasteiger partial charge in [0.05, 0.1) is 4.90 Å². The van der Waals surface area contributed by atoms with E-state index in [9.17, 15) is 18.0 Å². The molecule has 1 atom stereocenters. The number of nitrogens with one attached hydrogen (secondary N) is 2. The number of carbonyl (C=O) groups is 2. The standard InChI is InChI=1S/C17H21N5O4S/c1-10-9-13-14(20-22(4)15(13)19-16(10)23)18-17(24)11-5-7-12(8-6-11)27(25,26)21(2)3/h5-8,10H,9H2,1-4H3,(H,19,23)(H,18,20,24). The summed E-state index contributed by atoms with van der Waals surface area (Å²) in [6.45, 7) is 1.81. The summed E-state index contributed by atoms with van der Waals surface area (Å²) in [7, 11) is 1.02. The van der Waals surface area contributed by atoms with Crippen LogP contribution in [-0.4, -0.2) is 48.4 Å². The van der Waals surface area contributed by atoms with Gasteiger partial charge in [0.1, 0.15) is 5.82 Å². The van der Waals surface area contributed by atoms with E-state index < -0.39 is 15.9 Å². The van der Waals surface area contributed by atoms with Crippen LogP contribution in [0.4, 0.5) is 11.6 Å². The van der Waals surface area contributed by atoms with Crippen molar-refractivity contribution in [2.45, 2.75) is 18.2 Å². The quantitative estimate of drug-likeness (QED) is 0.809. The Hall–Kier alpha value is -2.72. The lowest BCUT2D eigenvalue weighted by molar-refractivity contribution is -0.119. The van der Waals surface area contributed by atoms with Crippen molar-refractivity contribution in [3.05, 3.63) is 35.4 Å². The van der Waals surface area contributed by atoms with Crippen molar-refractivity contribution >= 4 is 33.5 Å². The molecule has 0 radical (unpaired) electrons. The molecular formula is C17H21N5O4S. The van der Waals surface area contributed by atoms with E-state index in [-0.39, 0.29) is 16.7 Å². The van der Waals surface area contributed by atoms with Gasteiger partial charge in [0, 0.05) is 38.2 Å². The number of benzene rings is 1. The van der Waals surface area contributed by atoms with E-state index in [4.69, 9.17) is 0 Å². The zero-order chi connectivity index (χ0) is 19.9. The normalized spacial score (nSPS) is 16.8. The smallest absolute Gasteiger partial charge is 0.256 e. The van der Waals surface area contributed by atoms with Crippen LogP contribution in [0.15, 0.2) is 29.2 Å². The Morgan fingerprint density at radius 2 is 1.93 bits per heavy atom. The van der Waals surface area contributed by atoms with Crippen molar-refractivity contribution in [1.29, 1.82) is 0 Å². The van der Waals surface area contributed by atoms with E-state index in [1.54, 1.807) is 14.0 Å². The number of sulfonamides is 1. The third-order valence-electron chi connectivity index (χ3n) is 4.47. The maximum atomic E-state index is 12.5. The van der Waals surface area contributed by atoms with Gasteiger partial charge in [-0.15, -0.1) is 0 Å². The molecule has 0 bridgehead atoms. The second-order valence-corrected chi connectivity index (χ2v) is 8.81. The molecule has 144 valence electrons. The number of hydrogen-bond acceptors (Lipinski definition) is 5. The van der Waals surface area contributed by atoms with Crippen LogP contribution in [0, 0.1) is 5.92 Å². The predicted octanol–water partition coefficient (Wildman–Crippen LogP) is 1.05. The fourth-order valence-electron chi connectivity index (χ4n) is 2.83. The molecule has 0 spiro atoms. The SMILES string of the molecule is CC1Cc2c(NC(=O)c3ccc(S(=O)(=O)N(C)C)cc3)nn(C)c2NC1=O. The monoisotopic (exact) mass is 391 g/mol. The number of aromatic nitrogens is 2. The first-order valence-corrected chi connectivity index (χ1v) is 9.76. The highest BCUT2D eigenvalue weighted by atomic mass is 32.2. The molecule has 9 nitrogen and oxygen atoms in total. The Kier molecular flexibility index (Phi) is 4.79. The third-order valence-corrected chi connectivity index (χ3v) is 6.30. The molecule has 1 aromatic heterocycles. The van der Waals surface area contributed by atoms with E-state index in [0.29, 0.717) is 23.6 Å². The minimum Gasteiger partial charge on any atom is -0.310 e. The number of rotatable bonds is 4. The number of fused-ring (bicyclic) bond motifs is 1.